The number of nitrogens with zero attached hydrogens (tertiary/aromatic N) is 3. The number of rotatable bonds is 4. The lowest BCUT2D eigenvalue weighted by Crippen LogP contribution is -2.36. The van der Waals surface area contributed by atoms with Crippen molar-refractivity contribution >= 4 is 11.6 Å². The van der Waals surface area contributed by atoms with E-state index in [2.05, 4.69) is 10.1 Å². The summed E-state index contributed by atoms with van der Waals surface area (Å²) >= 11 is 0. The molecule has 1 aromatic carbocycles. The fraction of sp³-hybridized carbons (Fsp3) is 0.471. The summed E-state index contributed by atoms with van der Waals surface area (Å²) in [5, 5.41) is 4.09. The molecule has 128 valence electrons. The van der Waals surface area contributed by atoms with Crippen LogP contribution in [0.3, 0.4) is 0 Å². The number of anilines is 1. The Hall–Kier alpha value is -2.44. The molecule has 7 heteroatoms. The van der Waals surface area contributed by atoms with Gasteiger partial charge >= 0.3 is 0 Å². The number of aromatic nitrogens is 2. The van der Waals surface area contributed by atoms with Crippen LogP contribution in [0.1, 0.15) is 60.6 Å². The number of hydrogen-bond acceptors (Lipinski definition) is 5. The molecule has 0 saturated carbocycles. The smallest absolute Gasteiger partial charge is 0.253 e. The van der Waals surface area contributed by atoms with Crippen LogP contribution in [-0.4, -0.2) is 29.1 Å². The number of piperidine rings is 1. The third-order valence-electron chi connectivity index (χ3n) is 4.32. The van der Waals surface area contributed by atoms with Crippen LogP contribution in [0, 0.1) is 5.82 Å². The number of carbonyl (C=O) groups is 1. The quantitative estimate of drug-likeness (QED) is 0.930. The molecule has 3 rings (SSSR count). The highest BCUT2D eigenvalue weighted by Crippen LogP contribution is 2.31. The first-order valence-electron chi connectivity index (χ1n) is 8.14. The van der Waals surface area contributed by atoms with Gasteiger partial charge in [0.2, 0.25) is 5.89 Å². The summed E-state index contributed by atoms with van der Waals surface area (Å²) in [7, 11) is 0. The lowest BCUT2D eigenvalue weighted by atomic mass is 9.96. The van der Waals surface area contributed by atoms with Crippen molar-refractivity contribution in [2.75, 3.05) is 18.0 Å². The van der Waals surface area contributed by atoms with Crippen molar-refractivity contribution in [3.8, 4) is 0 Å². The van der Waals surface area contributed by atoms with Crippen LogP contribution in [0.2, 0.25) is 0 Å². The highest BCUT2D eigenvalue weighted by molar-refractivity contribution is 5.99. The average Bonchev–Trinajstić information content (AvgIpc) is 3.04. The second kappa shape index (κ2) is 6.59. The number of carbonyl (C=O) groups excluding carboxylic acids is 1. The van der Waals surface area contributed by atoms with Crippen molar-refractivity contribution in [3.63, 3.8) is 0 Å². The second-order valence-corrected chi connectivity index (χ2v) is 6.43. The Kier molecular flexibility index (Phi) is 4.51. The number of hydrogen-bond donors (Lipinski definition) is 1. The Bertz CT molecular complexity index is 744. The third kappa shape index (κ3) is 3.11. The van der Waals surface area contributed by atoms with E-state index in [0.29, 0.717) is 23.9 Å². The molecular formula is C17H21FN4O2. The van der Waals surface area contributed by atoms with Gasteiger partial charge in [0.25, 0.3) is 5.91 Å². The molecule has 1 unspecified atom stereocenters. The first-order valence-corrected chi connectivity index (χ1v) is 8.14. The van der Waals surface area contributed by atoms with Gasteiger partial charge in [0.1, 0.15) is 5.82 Å². The summed E-state index contributed by atoms with van der Waals surface area (Å²) in [4.78, 5) is 18.1. The molecule has 24 heavy (non-hydrogen) atoms. The summed E-state index contributed by atoms with van der Waals surface area (Å²) in [5.41, 5.74) is 5.83. The maximum absolute atomic E-state index is 14.0. The van der Waals surface area contributed by atoms with Crippen molar-refractivity contribution in [1.82, 2.24) is 10.1 Å². The van der Waals surface area contributed by atoms with Crippen LogP contribution in [0.25, 0.3) is 0 Å². The van der Waals surface area contributed by atoms with E-state index >= 15 is 0 Å². The molecule has 2 N–H and O–H groups in total. The maximum atomic E-state index is 14.0. The molecule has 1 aromatic heterocycles. The first-order chi connectivity index (χ1) is 11.5. The lowest BCUT2D eigenvalue weighted by Gasteiger charge is -2.34. The van der Waals surface area contributed by atoms with E-state index < -0.39 is 11.7 Å². The standard InChI is InChI=1S/C17H21FN4O2/c1-10(2)17-20-16(21-24-17)11-5-4-8-22(9-11)13-7-3-6-12(18)14(13)15(19)23/h3,6-7,10-11H,4-5,8-9H2,1-2H3,(H2,19,23). The van der Waals surface area contributed by atoms with Gasteiger partial charge in [-0.25, -0.2) is 4.39 Å². The van der Waals surface area contributed by atoms with Crippen LogP contribution in [0.4, 0.5) is 10.1 Å². The van der Waals surface area contributed by atoms with Gasteiger partial charge in [-0.05, 0) is 25.0 Å². The maximum Gasteiger partial charge on any atom is 0.253 e. The van der Waals surface area contributed by atoms with E-state index in [0.717, 1.165) is 19.4 Å². The molecule has 1 fully saturated rings. The molecule has 1 amide bonds. The monoisotopic (exact) mass is 332 g/mol. The minimum Gasteiger partial charge on any atom is -0.370 e. The Balaban J connectivity index is 1.86. The molecule has 2 aromatic rings. The lowest BCUT2D eigenvalue weighted by molar-refractivity contribution is 0.0997. The number of primary amides is 1. The Morgan fingerprint density at radius 1 is 1.46 bits per heavy atom. The Labute approximate surface area is 139 Å². The van der Waals surface area contributed by atoms with E-state index in [1.54, 1.807) is 12.1 Å². The van der Waals surface area contributed by atoms with Crippen LogP contribution in [0.15, 0.2) is 22.7 Å². The SMILES string of the molecule is CC(C)c1nc(C2CCCN(c3cccc(F)c3C(N)=O)C2)no1. The Morgan fingerprint density at radius 2 is 2.25 bits per heavy atom. The van der Waals surface area contributed by atoms with Gasteiger partial charge in [-0.3, -0.25) is 4.79 Å². The molecule has 1 saturated heterocycles. The summed E-state index contributed by atoms with van der Waals surface area (Å²) in [5.74, 6) is 0.191. The summed E-state index contributed by atoms with van der Waals surface area (Å²) < 4.78 is 19.3. The summed E-state index contributed by atoms with van der Waals surface area (Å²) in [6.45, 7) is 5.32. The first kappa shape index (κ1) is 16.4. The molecule has 0 aliphatic carbocycles. The van der Waals surface area contributed by atoms with Crippen molar-refractivity contribution in [2.24, 2.45) is 5.73 Å². The van der Waals surface area contributed by atoms with Crippen LogP contribution in [0.5, 0.6) is 0 Å². The van der Waals surface area contributed by atoms with E-state index in [9.17, 15) is 9.18 Å². The molecule has 0 bridgehead atoms. The van der Waals surface area contributed by atoms with Gasteiger partial charge < -0.3 is 15.2 Å². The zero-order valence-electron chi connectivity index (χ0n) is 13.8. The van der Waals surface area contributed by atoms with Crippen LogP contribution in [-0.2, 0) is 0 Å². The van der Waals surface area contributed by atoms with E-state index in [4.69, 9.17) is 10.3 Å². The highest BCUT2D eigenvalue weighted by atomic mass is 19.1. The number of benzene rings is 1. The van der Waals surface area contributed by atoms with Crippen molar-refractivity contribution in [1.29, 1.82) is 0 Å². The molecule has 1 atom stereocenters. The van der Waals surface area contributed by atoms with Gasteiger partial charge in [0, 0.05) is 24.9 Å². The molecule has 6 nitrogen and oxygen atoms in total. The van der Waals surface area contributed by atoms with E-state index in [1.165, 1.54) is 6.07 Å². The average molecular weight is 332 g/mol. The van der Waals surface area contributed by atoms with Crippen LogP contribution < -0.4 is 10.6 Å². The van der Waals surface area contributed by atoms with Crippen LogP contribution >= 0.6 is 0 Å². The molecule has 0 spiro atoms. The van der Waals surface area contributed by atoms with E-state index in [1.807, 2.05) is 18.7 Å². The third-order valence-corrected chi connectivity index (χ3v) is 4.32. The molecule has 0 radical (unpaired) electrons. The molecule has 1 aliphatic rings. The largest absolute Gasteiger partial charge is 0.370 e. The van der Waals surface area contributed by atoms with E-state index in [-0.39, 0.29) is 17.4 Å². The minimum absolute atomic E-state index is 0.0610. The number of amides is 1. The zero-order valence-corrected chi connectivity index (χ0v) is 13.8. The van der Waals surface area contributed by atoms with Crippen molar-refractivity contribution < 1.29 is 13.7 Å². The van der Waals surface area contributed by atoms with Gasteiger partial charge in [-0.1, -0.05) is 25.1 Å². The van der Waals surface area contributed by atoms with Gasteiger partial charge in [0.05, 0.1) is 11.3 Å². The van der Waals surface area contributed by atoms with Crippen molar-refractivity contribution in [3.05, 3.63) is 41.3 Å². The minimum atomic E-state index is -0.758. The molecular weight excluding hydrogens is 311 g/mol. The molecule has 2 heterocycles. The van der Waals surface area contributed by atoms with Gasteiger partial charge in [-0.2, -0.15) is 4.98 Å². The fourth-order valence-corrected chi connectivity index (χ4v) is 3.07. The normalized spacial score (nSPS) is 18.2. The zero-order chi connectivity index (χ0) is 17.3. The summed E-state index contributed by atoms with van der Waals surface area (Å²) in [6, 6.07) is 4.56. The van der Waals surface area contributed by atoms with Gasteiger partial charge in [0.15, 0.2) is 5.82 Å². The topological polar surface area (TPSA) is 85.3 Å². The van der Waals surface area contributed by atoms with Gasteiger partial charge in [-0.15, -0.1) is 0 Å². The Morgan fingerprint density at radius 3 is 2.92 bits per heavy atom. The predicted molar refractivity (Wildman–Crippen MR) is 87.5 cm³/mol. The number of nitrogens with two attached hydrogens (primary N) is 1. The fourth-order valence-electron chi connectivity index (χ4n) is 3.07. The summed E-state index contributed by atoms with van der Waals surface area (Å²) in [6.07, 6.45) is 1.82. The number of halogens is 1. The predicted octanol–water partition coefficient (Wildman–Crippen LogP) is 2.82. The highest BCUT2D eigenvalue weighted by Gasteiger charge is 2.28. The second-order valence-electron chi connectivity index (χ2n) is 6.43. The molecule has 1 aliphatic heterocycles. The van der Waals surface area contributed by atoms with Crippen molar-refractivity contribution in [2.45, 2.75) is 38.5 Å².